The van der Waals surface area contributed by atoms with Gasteiger partial charge in [0.15, 0.2) is 18.1 Å². The quantitative estimate of drug-likeness (QED) is 0.372. The third kappa shape index (κ3) is 6.05. The average Bonchev–Trinajstić information content (AvgIpc) is 3.44. The van der Waals surface area contributed by atoms with Crippen molar-refractivity contribution in [1.82, 2.24) is 20.5 Å². The Morgan fingerprint density at radius 1 is 0.977 bits per heavy atom. The Bertz CT molecular complexity index is 1690. The SMILES string of the molecule is COc1ccc2cc1OCC(=O)NCc1ccc(cc1)O[C@H]1CN(C(=O)c3c(-c4ccccc4)ccnc3C)C[C@@H]1NC2=O. The van der Waals surface area contributed by atoms with Crippen molar-refractivity contribution in [2.24, 2.45) is 0 Å². The van der Waals surface area contributed by atoms with Gasteiger partial charge in [0.2, 0.25) is 0 Å². The Hall–Kier alpha value is -5.38. The van der Waals surface area contributed by atoms with Gasteiger partial charge in [-0.15, -0.1) is 0 Å². The summed E-state index contributed by atoms with van der Waals surface area (Å²) in [4.78, 5) is 46.2. The van der Waals surface area contributed by atoms with E-state index in [1.807, 2.05) is 67.6 Å². The van der Waals surface area contributed by atoms with Gasteiger partial charge in [-0.05, 0) is 60.0 Å². The summed E-state index contributed by atoms with van der Waals surface area (Å²) in [6.07, 6.45) is 1.17. The minimum atomic E-state index is -0.532. The summed E-state index contributed by atoms with van der Waals surface area (Å²) in [6.45, 7) is 2.37. The summed E-state index contributed by atoms with van der Waals surface area (Å²) in [5.41, 5.74) is 4.04. The molecule has 3 aromatic carbocycles. The Labute approximate surface area is 255 Å². The first-order valence-corrected chi connectivity index (χ1v) is 14.3. The van der Waals surface area contributed by atoms with Gasteiger partial charge < -0.3 is 29.7 Å². The molecule has 2 N–H and O–H groups in total. The highest BCUT2D eigenvalue weighted by Gasteiger charge is 2.39. The maximum atomic E-state index is 14.1. The summed E-state index contributed by atoms with van der Waals surface area (Å²) in [5, 5.41) is 5.89. The first-order valence-electron chi connectivity index (χ1n) is 14.3. The zero-order valence-corrected chi connectivity index (χ0v) is 24.4. The normalized spacial score (nSPS) is 18.3. The van der Waals surface area contributed by atoms with Gasteiger partial charge in [0, 0.05) is 24.8 Å². The number of rotatable bonds is 3. The van der Waals surface area contributed by atoms with Crippen LogP contribution in [0.2, 0.25) is 0 Å². The van der Waals surface area contributed by atoms with Crippen LogP contribution in [-0.4, -0.2) is 66.6 Å². The van der Waals surface area contributed by atoms with E-state index < -0.39 is 12.1 Å². The Morgan fingerprint density at radius 3 is 2.55 bits per heavy atom. The second-order valence-corrected chi connectivity index (χ2v) is 10.7. The van der Waals surface area contributed by atoms with Crippen molar-refractivity contribution in [1.29, 1.82) is 0 Å². The minimum Gasteiger partial charge on any atom is -0.493 e. The summed E-state index contributed by atoms with van der Waals surface area (Å²) in [5.74, 6) is 0.360. The number of nitrogens with zero attached hydrogens (tertiary/aromatic N) is 2. The van der Waals surface area contributed by atoms with Crippen molar-refractivity contribution < 1.29 is 28.6 Å². The average molecular weight is 593 g/mol. The lowest BCUT2D eigenvalue weighted by Gasteiger charge is -2.21. The number of amides is 3. The molecule has 224 valence electrons. The van der Waals surface area contributed by atoms with Gasteiger partial charge in [-0.2, -0.15) is 0 Å². The molecule has 2 atom stereocenters. The third-order valence-electron chi connectivity index (χ3n) is 7.79. The largest absolute Gasteiger partial charge is 0.493 e. The molecule has 0 radical (unpaired) electrons. The van der Waals surface area contributed by atoms with E-state index in [1.54, 1.807) is 23.2 Å². The molecule has 4 bridgehead atoms. The van der Waals surface area contributed by atoms with Crippen molar-refractivity contribution >= 4 is 17.7 Å². The van der Waals surface area contributed by atoms with Crippen LogP contribution in [0, 0.1) is 6.92 Å². The molecule has 3 aliphatic rings. The molecule has 10 heteroatoms. The monoisotopic (exact) mass is 592 g/mol. The number of aryl methyl sites for hydroxylation is 1. The number of hydrogen-bond donors (Lipinski definition) is 2. The van der Waals surface area contributed by atoms with Gasteiger partial charge in [0.05, 0.1) is 31.0 Å². The number of aromatic nitrogens is 1. The fourth-order valence-electron chi connectivity index (χ4n) is 5.49. The Kier molecular flexibility index (Phi) is 8.14. The van der Waals surface area contributed by atoms with E-state index in [0.29, 0.717) is 34.9 Å². The van der Waals surface area contributed by atoms with Crippen molar-refractivity contribution in [2.45, 2.75) is 25.6 Å². The van der Waals surface area contributed by atoms with Gasteiger partial charge >= 0.3 is 0 Å². The molecule has 3 aliphatic heterocycles. The topological polar surface area (TPSA) is 119 Å². The molecule has 1 aromatic heterocycles. The molecule has 0 spiro atoms. The van der Waals surface area contributed by atoms with Crippen LogP contribution in [-0.2, 0) is 11.3 Å². The predicted molar refractivity (Wildman–Crippen MR) is 163 cm³/mol. The molecule has 1 fully saturated rings. The van der Waals surface area contributed by atoms with Crippen LogP contribution < -0.4 is 24.8 Å². The number of hydrogen-bond acceptors (Lipinski definition) is 7. The molecular weight excluding hydrogens is 560 g/mol. The molecule has 0 unspecified atom stereocenters. The number of nitrogens with one attached hydrogen (secondary N) is 2. The van der Waals surface area contributed by atoms with Crippen molar-refractivity contribution in [3.05, 3.63) is 107 Å². The second kappa shape index (κ2) is 12.5. The zero-order valence-electron chi connectivity index (χ0n) is 24.4. The molecule has 0 saturated carbocycles. The highest BCUT2D eigenvalue weighted by molar-refractivity contribution is 6.02. The third-order valence-corrected chi connectivity index (χ3v) is 7.79. The molecule has 4 heterocycles. The van der Waals surface area contributed by atoms with Crippen molar-refractivity contribution in [3.8, 4) is 28.4 Å². The van der Waals surface area contributed by atoms with Gasteiger partial charge in [-0.1, -0.05) is 42.5 Å². The predicted octanol–water partition coefficient (Wildman–Crippen LogP) is 3.78. The van der Waals surface area contributed by atoms with Gasteiger partial charge in [0.25, 0.3) is 17.7 Å². The standard InChI is InChI=1S/C34H32N4O6/c1-21-32(26(14-15-35-21)23-6-4-3-5-7-23)34(41)38-18-27-30(19-38)44-25-11-8-22(9-12-25)17-36-31(39)20-43-29-16-24(33(40)37-27)10-13-28(29)42-2/h3-16,27,30H,17-20H2,1-2H3,(H,36,39)(H,37,40)/t27-,30-/m0/s1. The van der Waals surface area contributed by atoms with E-state index in [2.05, 4.69) is 15.6 Å². The smallest absolute Gasteiger partial charge is 0.258 e. The van der Waals surface area contributed by atoms with Crippen LogP contribution in [0.15, 0.2) is 85.1 Å². The second-order valence-electron chi connectivity index (χ2n) is 10.7. The minimum absolute atomic E-state index is 0.187. The summed E-state index contributed by atoms with van der Waals surface area (Å²) >= 11 is 0. The summed E-state index contributed by atoms with van der Waals surface area (Å²) < 4.78 is 17.5. The lowest BCUT2D eigenvalue weighted by molar-refractivity contribution is -0.123. The molecule has 0 aliphatic carbocycles. The molecule has 7 rings (SSSR count). The number of pyridine rings is 1. The number of ether oxygens (including phenoxy) is 3. The lowest BCUT2D eigenvalue weighted by atomic mass is 9.98. The molecule has 44 heavy (non-hydrogen) atoms. The van der Waals surface area contributed by atoms with E-state index in [9.17, 15) is 14.4 Å². The highest BCUT2D eigenvalue weighted by Crippen LogP contribution is 2.30. The lowest BCUT2D eigenvalue weighted by Crippen LogP contribution is -2.45. The first kappa shape index (κ1) is 28.7. The molecule has 10 nitrogen and oxygen atoms in total. The number of fused-ring (bicyclic) bond motifs is 7. The van der Waals surface area contributed by atoms with Crippen molar-refractivity contribution in [2.75, 3.05) is 26.8 Å². The molecule has 3 amide bonds. The maximum Gasteiger partial charge on any atom is 0.258 e. The van der Waals surface area contributed by atoms with E-state index in [1.165, 1.54) is 13.2 Å². The van der Waals surface area contributed by atoms with Crippen LogP contribution in [0.1, 0.15) is 32.0 Å². The maximum absolute atomic E-state index is 14.1. The number of carbonyl (C=O) groups is 3. The van der Waals surface area contributed by atoms with E-state index in [-0.39, 0.29) is 43.2 Å². The Balaban J connectivity index is 1.33. The van der Waals surface area contributed by atoms with Gasteiger partial charge in [-0.3, -0.25) is 19.4 Å². The molecule has 4 aromatic rings. The van der Waals surface area contributed by atoms with E-state index in [0.717, 1.165) is 16.7 Å². The summed E-state index contributed by atoms with van der Waals surface area (Å²) in [6, 6.07) is 23.2. The van der Waals surface area contributed by atoms with Gasteiger partial charge in [0.1, 0.15) is 11.9 Å². The van der Waals surface area contributed by atoms with Crippen molar-refractivity contribution in [3.63, 3.8) is 0 Å². The number of methoxy groups -OCH3 is 1. The molecular formula is C34H32N4O6. The van der Waals surface area contributed by atoms with E-state index >= 15 is 0 Å². The first-order chi connectivity index (χ1) is 21.4. The Morgan fingerprint density at radius 2 is 1.77 bits per heavy atom. The number of carbonyl (C=O) groups excluding carboxylic acids is 3. The fourth-order valence-corrected chi connectivity index (χ4v) is 5.49. The van der Waals surface area contributed by atoms with Crippen LogP contribution in [0.3, 0.4) is 0 Å². The van der Waals surface area contributed by atoms with E-state index in [4.69, 9.17) is 14.2 Å². The van der Waals surface area contributed by atoms with Crippen LogP contribution in [0.25, 0.3) is 11.1 Å². The van der Waals surface area contributed by atoms with Crippen LogP contribution in [0.5, 0.6) is 17.2 Å². The van der Waals surface area contributed by atoms with Gasteiger partial charge in [-0.25, -0.2) is 0 Å². The molecule has 1 saturated heterocycles. The van der Waals surface area contributed by atoms with Crippen LogP contribution in [0.4, 0.5) is 0 Å². The fraction of sp³-hybridized carbons (Fsp3) is 0.235. The number of benzene rings is 3. The zero-order chi connectivity index (χ0) is 30.6. The highest BCUT2D eigenvalue weighted by atomic mass is 16.5. The van der Waals surface area contributed by atoms with Crippen LogP contribution >= 0.6 is 0 Å². The summed E-state index contributed by atoms with van der Waals surface area (Å²) in [7, 11) is 1.49. The number of likely N-dealkylation sites (tertiary alicyclic amines) is 1.